The zero-order chi connectivity index (χ0) is 22.1. The normalized spacial score (nSPS) is 19.5. The molecule has 4 amide bonds. The van der Waals surface area contributed by atoms with E-state index in [-0.39, 0.29) is 10.6 Å². The first kappa shape index (κ1) is 22.0. The van der Waals surface area contributed by atoms with Crippen LogP contribution in [-0.2, 0) is 19.6 Å². The molecule has 0 aliphatic carbocycles. The molecule has 0 spiro atoms. The number of nitrogens with one attached hydrogen (secondary N) is 2. The van der Waals surface area contributed by atoms with E-state index in [1.54, 1.807) is 32.9 Å². The highest BCUT2D eigenvalue weighted by molar-refractivity contribution is 7.89. The Bertz CT molecular complexity index is 1020. The number of amides is 4. The van der Waals surface area contributed by atoms with Crippen molar-refractivity contribution in [3.8, 4) is 0 Å². The summed E-state index contributed by atoms with van der Waals surface area (Å²) in [6, 6.07) is 3.98. The number of imide groups is 1. The highest BCUT2D eigenvalue weighted by Gasteiger charge is 2.44. The zero-order valence-electron chi connectivity index (χ0n) is 17.3. The summed E-state index contributed by atoms with van der Waals surface area (Å²) in [5.41, 5.74) is -0.220. The third-order valence-electron chi connectivity index (χ3n) is 5.09. The Labute approximate surface area is 176 Å². The SMILES string of the molecule is Cc1ccc(NC(=O)CN2C(=O)NC(C)(C)C2=O)cc1S(=O)(=O)N1CC=CCCC1. The fourth-order valence-electron chi connectivity index (χ4n) is 3.41. The van der Waals surface area contributed by atoms with Gasteiger partial charge in [0, 0.05) is 18.8 Å². The predicted molar refractivity (Wildman–Crippen MR) is 111 cm³/mol. The van der Waals surface area contributed by atoms with Crippen molar-refractivity contribution < 1.29 is 22.8 Å². The Morgan fingerprint density at radius 2 is 1.97 bits per heavy atom. The van der Waals surface area contributed by atoms with Crippen LogP contribution in [0.15, 0.2) is 35.2 Å². The average molecular weight is 435 g/mol. The molecule has 0 atom stereocenters. The van der Waals surface area contributed by atoms with Gasteiger partial charge in [-0.2, -0.15) is 4.31 Å². The summed E-state index contributed by atoms with van der Waals surface area (Å²) in [5, 5.41) is 5.09. The Hall–Kier alpha value is -2.72. The summed E-state index contributed by atoms with van der Waals surface area (Å²) in [5.74, 6) is -1.09. The molecule has 0 radical (unpaired) electrons. The molecule has 0 bridgehead atoms. The Kier molecular flexibility index (Phi) is 6.00. The smallest absolute Gasteiger partial charge is 0.324 e. The molecule has 10 heteroatoms. The number of carbonyl (C=O) groups excluding carboxylic acids is 3. The summed E-state index contributed by atoms with van der Waals surface area (Å²) >= 11 is 0. The second-order valence-corrected chi connectivity index (χ2v) is 9.86. The van der Waals surface area contributed by atoms with Crippen molar-refractivity contribution in [1.82, 2.24) is 14.5 Å². The van der Waals surface area contributed by atoms with Gasteiger partial charge in [0.05, 0.1) is 4.90 Å². The number of rotatable bonds is 5. The lowest BCUT2D eigenvalue weighted by Gasteiger charge is -2.21. The van der Waals surface area contributed by atoms with Crippen LogP contribution in [0.2, 0.25) is 0 Å². The third-order valence-corrected chi connectivity index (χ3v) is 7.10. The molecule has 3 rings (SSSR count). The van der Waals surface area contributed by atoms with E-state index in [9.17, 15) is 22.8 Å². The van der Waals surface area contributed by atoms with Crippen LogP contribution < -0.4 is 10.6 Å². The van der Waals surface area contributed by atoms with Crippen LogP contribution >= 0.6 is 0 Å². The van der Waals surface area contributed by atoms with Gasteiger partial charge in [0.1, 0.15) is 12.1 Å². The number of hydrogen-bond donors (Lipinski definition) is 2. The van der Waals surface area contributed by atoms with Gasteiger partial charge in [0.2, 0.25) is 15.9 Å². The van der Waals surface area contributed by atoms with Crippen LogP contribution in [-0.4, -0.2) is 60.6 Å². The van der Waals surface area contributed by atoms with Gasteiger partial charge in [-0.1, -0.05) is 18.2 Å². The maximum atomic E-state index is 13.1. The van der Waals surface area contributed by atoms with Gasteiger partial charge in [-0.05, 0) is 51.3 Å². The maximum Gasteiger partial charge on any atom is 0.325 e. The summed E-state index contributed by atoms with van der Waals surface area (Å²) in [6.45, 7) is 5.08. The van der Waals surface area contributed by atoms with Gasteiger partial charge in [-0.25, -0.2) is 13.2 Å². The molecule has 162 valence electrons. The van der Waals surface area contributed by atoms with Gasteiger partial charge in [0.15, 0.2) is 0 Å². The molecule has 2 heterocycles. The Morgan fingerprint density at radius 3 is 2.63 bits per heavy atom. The van der Waals surface area contributed by atoms with Crippen molar-refractivity contribution in [1.29, 1.82) is 0 Å². The van der Waals surface area contributed by atoms with Crippen molar-refractivity contribution in [3.05, 3.63) is 35.9 Å². The summed E-state index contributed by atoms with van der Waals surface area (Å²) in [6.07, 6.45) is 5.38. The van der Waals surface area contributed by atoms with Crippen molar-refractivity contribution in [2.24, 2.45) is 0 Å². The van der Waals surface area contributed by atoms with Crippen molar-refractivity contribution in [3.63, 3.8) is 0 Å². The van der Waals surface area contributed by atoms with Gasteiger partial charge < -0.3 is 10.6 Å². The number of sulfonamides is 1. The van der Waals surface area contributed by atoms with E-state index in [1.807, 2.05) is 12.2 Å². The van der Waals surface area contributed by atoms with Gasteiger partial charge in [-0.15, -0.1) is 0 Å². The van der Waals surface area contributed by atoms with Gasteiger partial charge >= 0.3 is 6.03 Å². The monoisotopic (exact) mass is 434 g/mol. The molecule has 0 unspecified atom stereocenters. The number of hydrogen-bond acceptors (Lipinski definition) is 5. The summed E-state index contributed by atoms with van der Waals surface area (Å²) in [4.78, 5) is 37.5. The molecular weight excluding hydrogens is 408 g/mol. The quantitative estimate of drug-likeness (QED) is 0.539. The first-order chi connectivity index (χ1) is 14.0. The van der Waals surface area contributed by atoms with Crippen LogP contribution in [0.25, 0.3) is 0 Å². The van der Waals surface area contributed by atoms with Crippen LogP contribution in [0.5, 0.6) is 0 Å². The third kappa shape index (κ3) is 4.39. The standard InChI is InChI=1S/C20H26N4O5S/c1-14-8-9-15(12-16(14)30(28,29)23-10-6-4-5-7-11-23)21-17(25)13-24-18(26)20(2,3)22-19(24)27/h4,6,8-9,12H,5,7,10-11,13H2,1-3H3,(H,21,25)(H,22,27). The summed E-state index contributed by atoms with van der Waals surface area (Å²) in [7, 11) is -3.73. The predicted octanol–water partition coefficient (Wildman–Crippen LogP) is 1.60. The largest absolute Gasteiger partial charge is 0.325 e. The zero-order valence-corrected chi connectivity index (χ0v) is 18.1. The maximum absolute atomic E-state index is 13.1. The van der Waals surface area contributed by atoms with Crippen LogP contribution in [0, 0.1) is 6.92 Å². The fraction of sp³-hybridized carbons (Fsp3) is 0.450. The molecular formula is C20H26N4O5S. The number of carbonyl (C=O) groups is 3. The minimum atomic E-state index is -3.73. The lowest BCUT2D eigenvalue weighted by atomic mass is 10.1. The van der Waals surface area contributed by atoms with E-state index in [0.29, 0.717) is 18.7 Å². The average Bonchev–Trinajstić information content (AvgIpc) is 2.89. The number of benzene rings is 1. The Morgan fingerprint density at radius 1 is 1.23 bits per heavy atom. The molecule has 1 saturated heterocycles. The number of aryl methyl sites for hydroxylation is 1. The van der Waals surface area contributed by atoms with E-state index in [2.05, 4.69) is 10.6 Å². The first-order valence-corrected chi connectivity index (χ1v) is 11.2. The number of urea groups is 1. The highest BCUT2D eigenvalue weighted by Crippen LogP contribution is 2.25. The van der Waals surface area contributed by atoms with Crippen molar-refractivity contribution in [2.75, 3.05) is 25.0 Å². The van der Waals surface area contributed by atoms with Crippen LogP contribution in [0.3, 0.4) is 0 Å². The molecule has 1 aromatic carbocycles. The van der Waals surface area contributed by atoms with E-state index in [4.69, 9.17) is 0 Å². The topological polar surface area (TPSA) is 116 Å². The molecule has 2 N–H and O–H groups in total. The molecule has 0 aromatic heterocycles. The number of allylic oxidation sites excluding steroid dienone is 1. The van der Waals surface area contributed by atoms with E-state index in [1.165, 1.54) is 10.4 Å². The van der Waals surface area contributed by atoms with Crippen LogP contribution in [0.1, 0.15) is 32.3 Å². The molecule has 9 nitrogen and oxygen atoms in total. The molecule has 2 aliphatic heterocycles. The van der Waals surface area contributed by atoms with E-state index < -0.39 is 40.0 Å². The second kappa shape index (κ2) is 8.19. The molecule has 1 fully saturated rings. The minimum Gasteiger partial charge on any atom is -0.324 e. The van der Waals surface area contributed by atoms with Crippen molar-refractivity contribution >= 4 is 33.6 Å². The highest BCUT2D eigenvalue weighted by atomic mass is 32.2. The van der Waals surface area contributed by atoms with E-state index in [0.717, 1.165) is 17.7 Å². The van der Waals surface area contributed by atoms with Crippen molar-refractivity contribution in [2.45, 2.75) is 44.0 Å². The number of nitrogens with zero attached hydrogens (tertiary/aromatic N) is 2. The van der Waals surface area contributed by atoms with Crippen LogP contribution in [0.4, 0.5) is 10.5 Å². The van der Waals surface area contributed by atoms with E-state index >= 15 is 0 Å². The lowest BCUT2D eigenvalue weighted by molar-refractivity contribution is -0.132. The molecule has 30 heavy (non-hydrogen) atoms. The Balaban J connectivity index is 1.77. The first-order valence-electron chi connectivity index (χ1n) is 9.72. The molecule has 0 saturated carbocycles. The van der Waals surface area contributed by atoms with Gasteiger partial charge in [-0.3, -0.25) is 14.5 Å². The lowest BCUT2D eigenvalue weighted by Crippen LogP contribution is -2.41. The minimum absolute atomic E-state index is 0.117. The molecule has 2 aliphatic rings. The van der Waals surface area contributed by atoms with Gasteiger partial charge in [0.25, 0.3) is 5.91 Å². The molecule has 1 aromatic rings. The number of anilines is 1. The summed E-state index contributed by atoms with van der Waals surface area (Å²) < 4.78 is 27.6. The fourth-order valence-corrected chi connectivity index (χ4v) is 5.09. The second-order valence-electron chi connectivity index (χ2n) is 7.95.